The molecule has 2 aromatic carbocycles. The van der Waals surface area contributed by atoms with Crippen LogP contribution in [-0.4, -0.2) is 30.0 Å². The number of carbonyl (C=O) groups is 1. The lowest BCUT2D eigenvalue weighted by Gasteiger charge is -2.17. The summed E-state index contributed by atoms with van der Waals surface area (Å²) in [6.07, 6.45) is 3.38. The van der Waals surface area contributed by atoms with Crippen LogP contribution in [0.5, 0.6) is 5.75 Å². The third-order valence-electron chi connectivity index (χ3n) is 5.08. The van der Waals surface area contributed by atoms with Gasteiger partial charge in [0, 0.05) is 32.6 Å². The van der Waals surface area contributed by atoms with Crippen molar-refractivity contribution in [2.24, 2.45) is 5.92 Å². The Balaban J connectivity index is 1.77. The lowest BCUT2D eigenvalue weighted by atomic mass is 10.0. The lowest BCUT2D eigenvalue weighted by molar-refractivity contribution is 0.0824. The third-order valence-corrected chi connectivity index (χ3v) is 5.08. The molecule has 0 saturated heterocycles. The second-order valence-electron chi connectivity index (χ2n) is 8.09. The van der Waals surface area contributed by atoms with E-state index in [1.165, 1.54) is 17.0 Å². The van der Waals surface area contributed by atoms with Gasteiger partial charge in [0.1, 0.15) is 17.1 Å². The van der Waals surface area contributed by atoms with Crippen molar-refractivity contribution in [3.8, 4) is 5.75 Å². The van der Waals surface area contributed by atoms with Gasteiger partial charge in [-0.05, 0) is 30.5 Å². The molecule has 1 amide bonds. The van der Waals surface area contributed by atoms with Gasteiger partial charge in [-0.3, -0.25) is 14.4 Å². The number of rotatable bonds is 9. The number of amides is 1. The average Bonchev–Trinajstić information content (AvgIpc) is 3.19. The van der Waals surface area contributed by atoms with Crippen LogP contribution in [0.4, 0.5) is 17.1 Å². The Kier molecular flexibility index (Phi) is 6.48. The first kappa shape index (κ1) is 22.1. The topological polar surface area (TPSA) is 112 Å². The predicted molar refractivity (Wildman–Crippen MR) is 120 cm³/mol. The minimum Gasteiger partial charge on any atom is -0.505 e. The third kappa shape index (κ3) is 4.63. The molecule has 0 aliphatic heterocycles. The molecule has 1 aromatic heterocycles. The van der Waals surface area contributed by atoms with Crippen LogP contribution < -0.4 is 21.5 Å². The zero-order valence-corrected chi connectivity index (χ0v) is 18.1. The summed E-state index contributed by atoms with van der Waals surface area (Å²) in [4.78, 5) is 37.8. The van der Waals surface area contributed by atoms with Crippen LogP contribution in [0.15, 0.2) is 44.5 Å². The van der Waals surface area contributed by atoms with E-state index in [0.717, 1.165) is 24.2 Å². The minimum atomic E-state index is -0.682. The van der Waals surface area contributed by atoms with Crippen LogP contribution in [0.3, 0.4) is 0 Å². The fraction of sp³-hybridized carbons (Fsp3) is 0.348. The second-order valence-corrected chi connectivity index (χ2v) is 8.09. The maximum Gasteiger partial charge on any atom is 0.257 e. The van der Waals surface area contributed by atoms with E-state index in [2.05, 4.69) is 24.5 Å². The van der Waals surface area contributed by atoms with Gasteiger partial charge in [-0.2, -0.15) is 0 Å². The molecule has 1 heterocycles. The predicted octanol–water partition coefficient (Wildman–Crippen LogP) is 3.23. The molecule has 31 heavy (non-hydrogen) atoms. The van der Waals surface area contributed by atoms with Crippen LogP contribution in [0.1, 0.15) is 41.9 Å². The smallest absolute Gasteiger partial charge is 0.257 e. The van der Waals surface area contributed by atoms with Crippen molar-refractivity contribution < 1.29 is 14.3 Å². The Morgan fingerprint density at radius 1 is 1.13 bits per heavy atom. The normalized spacial score (nSPS) is 11.1. The van der Waals surface area contributed by atoms with Crippen molar-refractivity contribution in [3.05, 3.63) is 67.9 Å². The summed E-state index contributed by atoms with van der Waals surface area (Å²) >= 11 is 0. The molecule has 0 saturated carbocycles. The van der Waals surface area contributed by atoms with Crippen molar-refractivity contribution in [1.82, 2.24) is 4.90 Å². The van der Waals surface area contributed by atoms with E-state index in [4.69, 9.17) is 4.42 Å². The molecule has 0 radical (unpaired) electrons. The Labute approximate surface area is 180 Å². The monoisotopic (exact) mass is 425 g/mol. The number of hydrogen-bond acceptors (Lipinski definition) is 7. The van der Waals surface area contributed by atoms with Gasteiger partial charge in [-0.15, -0.1) is 0 Å². The molecule has 8 nitrogen and oxygen atoms in total. The van der Waals surface area contributed by atoms with Gasteiger partial charge >= 0.3 is 0 Å². The highest BCUT2D eigenvalue weighted by Crippen LogP contribution is 2.32. The highest BCUT2D eigenvalue weighted by Gasteiger charge is 2.23. The van der Waals surface area contributed by atoms with Gasteiger partial charge < -0.3 is 25.1 Å². The van der Waals surface area contributed by atoms with Gasteiger partial charge in [0.2, 0.25) is 0 Å². The van der Waals surface area contributed by atoms with Crippen LogP contribution in [0.25, 0.3) is 0 Å². The molecule has 0 spiro atoms. The zero-order valence-electron chi connectivity index (χ0n) is 18.1. The number of para-hydroxylation sites is 1. The largest absolute Gasteiger partial charge is 0.505 e. The number of anilines is 3. The Morgan fingerprint density at radius 3 is 2.52 bits per heavy atom. The number of phenolic OH excluding ortho intramolecular Hbond substituents is 1. The number of nitrogens with zero attached hydrogens (tertiary/aromatic N) is 1. The number of furan rings is 1. The summed E-state index contributed by atoms with van der Waals surface area (Å²) in [6.45, 7) is 4.60. The summed E-state index contributed by atoms with van der Waals surface area (Å²) in [7, 11) is 3.15. The molecule has 0 aliphatic rings. The number of aryl methyl sites for hydroxylation is 1. The number of benzene rings is 1. The first-order valence-corrected chi connectivity index (χ1v) is 10.1. The van der Waals surface area contributed by atoms with Gasteiger partial charge in [0.15, 0.2) is 5.75 Å². The van der Waals surface area contributed by atoms with Crippen molar-refractivity contribution in [1.29, 1.82) is 0 Å². The molecule has 0 unspecified atom stereocenters. The van der Waals surface area contributed by atoms with Crippen LogP contribution in [0.2, 0.25) is 0 Å². The summed E-state index contributed by atoms with van der Waals surface area (Å²) in [5, 5.41) is 16.3. The molecule has 3 aromatic rings. The van der Waals surface area contributed by atoms with Gasteiger partial charge in [-0.25, -0.2) is 0 Å². The number of aromatic hydroxyl groups is 1. The van der Waals surface area contributed by atoms with Crippen LogP contribution in [0, 0.1) is 5.92 Å². The molecule has 0 fully saturated rings. The fourth-order valence-electron chi connectivity index (χ4n) is 3.22. The summed E-state index contributed by atoms with van der Waals surface area (Å²) in [6, 6.07) is 6.44. The van der Waals surface area contributed by atoms with Gasteiger partial charge in [0.05, 0.1) is 17.5 Å². The standard InChI is InChI=1S/C23H27N3O5/c1-13(2)8-9-17-14(10-11-31-17)12-24-18-19(22(29)21(18)28)25-16-7-5-6-15(20(16)27)23(30)26(3)4/h5-7,10-11,13,24-25,27H,8-9,12H2,1-4H3. The molecular formula is C23H27N3O5. The van der Waals surface area contributed by atoms with Gasteiger partial charge in [-0.1, -0.05) is 19.9 Å². The van der Waals surface area contributed by atoms with Crippen molar-refractivity contribution in [3.63, 3.8) is 0 Å². The van der Waals surface area contributed by atoms with E-state index >= 15 is 0 Å². The van der Waals surface area contributed by atoms with E-state index in [9.17, 15) is 19.5 Å². The van der Waals surface area contributed by atoms with Crippen LogP contribution in [-0.2, 0) is 13.0 Å². The van der Waals surface area contributed by atoms with E-state index < -0.39 is 10.9 Å². The number of carbonyl (C=O) groups excluding carboxylic acids is 1. The zero-order chi connectivity index (χ0) is 22.7. The Hall–Kier alpha value is -3.55. The first-order chi connectivity index (χ1) is 14.7. The first-order valence-electron chi connectivity index (χ1n) is 10.1. The average molecular weight is 425 g/mol. The Morgan fingerprint density at radius 2 is 1.84 bits per heavy atom. The molecule has 3 rings (SSSR count). The number of hydrogen-bond donors (Lipinski definition) is 3. The fourth-order valence-corrected chi connectivity index (χ4v) is 3.22. The molecular weight excluding hydrogens is 398 g/mol. The molecule has 8 heteroatoms. The molecule has 0 atom stereocenters. The summed E-state index contributed by atoms with van der Waals surface area (Å²) < 4.78 is 5.55. The lowest BCUT2D eigenvalue weighted by Crippen LogP contribution is -2.36. The van der Waals surface area contributed by atoms with Crippen molar-refractivity contribution in [2.45, 2.75) is 33.2 Å². The number of phenols is 1. The van der Waals surface area contributed by atoms with E-state index in [0.29, 0.717) is 12.5 Å². The highest BCUT2D eigenvalue weighted by molar-refractivity contribution is 5.99. The molecule has 0 bridgehead atoms. The quantitative estimate of drug-likeness (QED) is 0.356. The molecule has 164 valence electrons. The second kappa shape index (κ2) is 9.07. The maximum absolute atomic E-state index is 12.2. The summed E-state index contributed by atoms with van der Waals surface area (Å²) in [5.41, 5.74) is 0.0705. The number of nitrogens with one attached hydrogen (secondary N) is 2. The van der Waals surface area contributed by atoms with Gasteiger partial charge in [0.25, 0.3) is 16.8 Å². The van der Waals surface area contributed by atoms with Crippen molar-refractivity contribution in [2.75, 3.05) is 24.7 Å². The highest BCUT2D eigenvalue weighted by atomic mass is 16.3. The Bertz CT molecular complexity index is 1150. The SMILES string of the molecule is CC(C)CCc1occc1CNc1c(Nc2cccc(C(=O)N(C)C)c2O)c(=O)c1=O. The minimum absolute atomic E-state index is 0.0574. The maximum atomic E-state index is 12.2. The van der Waals surface area contributed by atoms with Crippen LogP contribution >= 0.6 is 0 Å². The van der Waals surface area contributed by atoms with E-state index in [1.54, 1.807) is 26.4 Å². The van der Waals surface area contributed by atoms with E-state index in [1.807, 2.05) is 6.07 Å². The molecule has 3 N–H and O–H groups in total. The van der Waals surface area contributed by atoms with E-state index in [-0.39, 0.29) is 34.3 Å². The summed E-state index contributed by atoms with van der Waals surface area (Å²) in [5.74, 6) is 0.726. The van der Waals surface area contributed by atoms with Crippen molar-refractivity contribution >= 4 is 23.0 Å². The molecule has 0 aliphatic carbocycles.